The van der Waals surface area contributed by atoms with Crippen LogP contribution in [0.2, 0.25) is 5.02 Å². The van der Waals surface area contributed by atoms with E-state index in [1.165, 1.54) is 11.1 Å². The molecule has 0 fully saturated rings. The Bertz CT molecular complexity index is 513. The summed E-state index contributed by atoms with van der Waals surface area (Å²) < 4.78 is 0.941. The van der Waals surface area contributed by atoms with Crippen molar-refractivity contribution in [1.82, 2.24) is 5.32 Å². The van der Waals surface area contributed by atoms with Crippen molar-refractivity contribution in [3.8, 4) is 0 Å². The van der Waals surface area contributed by atoms with E-state index in [1.807, 2.05) is 24.3 Å². The zero-order valence-electron chi connectivity index (χ0n) is 10.2. The molecule has 0 saturated carbocycles. The van der Waals surface area contributed by atoms with Crippen LogP contribution in [0.1, 0.15) is 24.1 Å². The molecule has 0 radical (unpaired) electrons. The normalized spacial score (nSPS) is 12.4. The zero-order valence-corrected chi connectivity index (χ0v) is 12.5. The summed E-state index contributed by atoms with van der Waals surface area (Å²) in [5.41, 5.74) is 2.51. The Balaban J connectivity index is 1.97. The third-order valence-corrected chi connectivity index (χ3v) is 4.11. The minimum atomic E-state index is 0.334. The van der Waals surface area contributed by atoms with Crippen LogP contribution in [0, 0.1) is 0 Å². The number of rotatable bonds is 4. The predicted molar refractivity (Wildman–Crippen MR) is 80.8 cm³/mol. The van der Waals surface area contributed by atoms with E-state index in [1.54, 1.807) is 0 Å². The molecule has 1 N–H and O–H groups in total. The lowest BCUT2D eigenvalue weighted by atomic mass is 10.1. The molecule has 0 aliphatic heterocycles. The van der Waals surface area contributed by atoms with E-state index in [4.69, 9.17) is 11.6 Å². The van der Waals surface area contributed by atoms with Crippen molar-refractivity contribution in [2.45, 2.75) is 19.5 Å². The average Bonchev–Trinajstić information content (AvgIpc) is 2.41. The minimum absolute atomic E-state index is 0.334. The maximum atomic E-state index is 5.97. The highest BCUT2D eigenvalue weighted by molar-refractivity contribution is 9.10. The molecule has 0 saturated heterocycles. The third kappa shape index (κ3) is 3.58. The predicted octanol–water partition coefficient (Wildman–Crippen LogP) is 4.95. The topological polar surface area (TPSA) is 12.0 Å². The Labute approximate surface area is 121 Å². The van der Waals surface area contributed by atoms with Gasteiger partial charge in [-0.05, 0) is 46.1 Å². The van der Waals surface area contributed by atoms with Crippen LogP contribution in [0.4, 0.5) is 0 Å². The van der Waals surface area contributed by atoms with Crippen LogP contribution < -0.4 is 5.32 Å². The summed E-state index contributed by atoms with van der Waals surface area (Å²) in [4.78, 5) is 0. The Morgan fingerprint density at radius 1 is 1.17 bits per heavy atom. The molecular formula is C15H15BrClN. The first-order chi connectivity index (χ1) is 8.66. The summed E-state index contributed by atoms with van der Waals surface area (Å²) >= 11 is 9.41. The van der Waals surface area contributed by atoms with Gasteiger partial charge in [0.2, 0.25) is 0 Å². The Morgan fingerprint density at radius 2 is 1.89 bits per heavy atom. The van der Waals surface area contributed by atoms with Gasteiger partial charge in [-0.2, -0.15) is 0 Å². The van der Waals surface area contributed by atoms with Gasteiger partial charge in [-0.15, -0.1) is 0 Å². The lowest BCUT2D eigenvalue weighted by Gasteiger charge is -2.14. The molecule has 2 rings (SSSR count). The Kier molecular flexibility index (Phi) is 4.81. The van der Waals surface area contributed by atoms with Gasteiger partial charge in [0, 0.05) is 17.1 Å². The molecule has 1 unspecified atom stereocenters. The van der Waals surface area contributed by atoms with Crippen molar-refractivity contribution in [3.63, 3.8) is 0 Å². The number of halogens is 2. The van der Waals surface area contributed by atoms with Crippen LogP contribution in [0.3, 0.4) is 0 Å². The standard InChI is InChI=1S/C15H15BrClN/c1-11(13-5-3-2-4-6-13)18-10-12-7-8-15(17)14(16)9-12/h2-9,11,18H,10H2,1H3. The van der Waals surface area contributed by atoms with Crippen LogP contribution in [0.15, 0.2) is 53.0 Å². The van der Waals surface area contributed by atoms with Crippen LogP contribution in [0.25, 0.3) is 0 Å². The molecule has 94 valence electrons. The quantitative estimate of drug-likeness (QED) is 0.838. The summed E-state index contributed by atoms with van der Waals surface area (Å²) in [5, 5.41) is 4.24. The monoisotopic (exact) mass is 323 g/mol. The van der Waals surface area contributed by atoms with Crippen molar-refractivity contribution in [3.05, 3.63) is 69.2 Å². The van der Waals surface area contributed by atoms with Crippen LogP contribution in [-0.2, 0) is 6.54 Å². The first-order valence-electron chi connectivity index (χ1n) is 5.89. The summed E-state index contributed by atoms with van der Waals surface area (Å²) in [7, 11) is 0. The maximum Gasteiger partial charge on any atom is 0.0548 e. The van der Waals surface area contributed by atoms with Crippen molar-refractivity contribution in [2.24, 2.45) is 0 Å². The average molecular weight is 325 g/mol. The molecule has 0 heterocycles. The maximum absolute atomic E-state index is 5.97. The number of hydrogen-bond donors (Lipinski definition) is 1. The fourth-order valence-corrected chi connectivity index (χ4v) is 2.32. The highest BCUT2D eigenvalue weighted by Gasteiger charge is 2.04. The molecule has 0 bridgehead atoms. The fourth-order valence-electron chi connectivity index (χ4n) is 1.78. The smallest absolute Gasteiger partial charge is 0.0548 e. The van der Waals surface area contributed by atoms with Gasteiger partial charge in [0.1, 0.15) is 0 Å². The number of nitrogens with one attached hydrogen (secondary N) is 1. The summed E-state index contributed by atoms with van der Waals surface area (Å²) in [6.07, 6.45) is 0. The van der Waals surface area contributed by atoms with Gasteiger partial charge in [0.15, 0.2) is 0 Å². The van der Waals surface area contributed by atoms with E-state index in [9.17, 15) is 0 Å². The third-order valence-electron chi connectivity index (χ3n) is 2.90. The molecule has 0 aliphatic rings. The second kappa shape index (κ2) is 6.37. The van der Waals surface area contributed by atoms with Gasteiger partial charge in [-0.3, -0.25) is 0 Å². The van der Waals surface area contributed by atoms with E-state index in [0.717, 1.165) is 16.0 Å². The van der Waals surface area contributed by atoms with Crippen molar-refractivity contribution in [2.75, 3.05) is 0 Å². The van der Waals surface area contributed by atoms with Gasteiger partial charge in [-0.25, -0.2) is 0 Å². The van der Waals surface area contributed by atoms with Crippen LogP contribution in [-0.4, -0.2) is 0 Å². The second-order valence-electron chi connectivity index (χ2n) is 4.26. The number of hydrogen-bond acceptors (Lipinski definition) is 1. The molecule has 0 aromatic heterocycles. The van der Waals surface area contributed by atoms with Gasteiger partial charge in [0.05, 0.1) is 5.02 Å². The van der Waals surface area contributed by atoms with E-state index < -0.39 is 0 Å². The first-order valence-corrected chi connectivity index (χ1v) is 7.06. The molecule has 0 spiro atoms. The summed E-state index contributed by atoms with van der Waals surface area (Å²) in [6, 6.07) is 16.8. The van der Waals surface area contributed by atoms with Gasteiger partial charge in [0.25, 0.3) is 0 Å². The van der Waals surface area contributed by atoms with Crippen LogP contribution >= 0.6 is 27.5 Å². The van der Waals surface area contributed by atoms with Gasteiger partial charge < -0.3 is 5.32 Å². The van der Waals surface area contributed by atoms with E-state index in [-0.39, 0.29) is 0 Å². The fraction of sp³-hybridized carbons (Fsp3) is 0.200. The molecule has 1 nitrogen and oxygen atoms in total. The summed E-state index contributed by atoms with van der Waals surface area (Å²) in [6.45, 7) is 2.99. The van der Waals surface area contributed by atoms with Crippen molar-refractivity contribution in [1.29, 1.82) is 0 Å². The first kappa shape index (κ1) is 13.6. The highest BCUT2D eigenvalue weighted by Crippen LogP contribution is 2.23. The molecule has 18 heavy (non-hydrogen) atoms. The molecule has 0 aliphatic carbocycles. The lowest BCUT2D eigenvalue weighted by Crippen LogP contribution is -2.17. The minimum Gasteiger partial charge on any atom is -0.306 e. The van der Waals surface area contributed by atoms with Crippen molar-refractivity contribution >= 4 is 27.5 Å². The molecule has 2 aromatic carbocycles. The van der Waals surface area contributed by atoms with E-state index in [2.05, 4.69) is 52.4 Å². The summed E-state index contributed by atoms with van der Waals surface area (Å²) in [5.74, 6) is 0. The van der Waals surface area contributed by atoms with Crippen LogP contribution in [0.5, 0.6) is 0 Å². The molecular weight excluding hydrogens is 310 g/mol. The largest absolute Gasteiger partial charge is 0.306 e. The molecule has 3 heteroatoms. The van der Waals surface area contributed by atoms with E-state index in [0.29, 0.717) is 6.04 Å². The van der Waals surface area contributed by atoms with E-state index >= 15 is 0 Å². The molecule has 2 aromatic rings. The Morgan fingerprint density at radius 3 is 2.56 bits per heavy atom. The van der Waals surface area contributed by atoms with Gasteiger partial charge in [-0.1, -0.05) is 48.0 Å². The lowest BCUT2D eigenvalue weighted by molar-refractivity contribution is 0.574. The zero-order chi connectivity index (χ0) is 13.0. The highest BCUT2D eigenvalue weighted by atomic mass is 79.9. The molecule has 0 amide bonds. The Hall–Kier alpha value is -0.830. The second-order valence-corrected chi connectivity index (χ2v) is 5.52. The molecule has 1 atom stereocenters. The van der Waals surface area contributed by atoms with Crippen molar-refractivity contribution < 1.29 is 0 Å². The van der Waals surface area contributed by atoms with Gasteiger partial charge >= 0.3 is 0 Å². The SMILES string of the molecule is CC(NCc1ccc(Cl)c(Br)c1)c1ccccc1. The number of benzene rings is 2.